The molecule has 1 aliphatic rings. The molecular formula is C19H16F2N2O3S. The molecule has 0 aliphatic heterocycles. The zero-order valence-electron chi connectivity index (χ0n) is 14.5. The average Bonchev–Trinajstić information content (AvgIpc) is 2.95. The highest BCUT2D eigenvalue weighted by atomic mass is 32.1. The summed E-state index contributed by atoms with van der Waals surface area (Å²) in [5.74, 6) is -3.05. The summed E-state index contributed by atoms with van der Waals surface area (Å²) >= 11 is 1.36. The molecule has 8 heteroatoms. The number of nitrogens with one attached hydrogen (secondary N) is 1. The second-order valence-corrected chi connectivity index (χ2v) is 7.52. The summed E-state index contributed by atoms with van der Waals surface area (Å²) < 4.78 is 31.2. The molecule has 0 saturated carbocycles. The van der Waals surface area contributed by atoms with Crippen LogP contribution in [0.15, 0.2) is 18.2 Å². The fourth-order valence-electron chi connectivity index (χ4n) is 2.98. The molecule has 1 aliphatic carbocycles. The van der Waals surface area contributed by atoms with E-state index >= 15 is 0 Å². The van der Waals surface area contributed by atoms with Crippen LogP contribution in [0.2, 0.25) is 0 Å². The molecule has 1 unspecified atom stereocenters. The van der Waals surface area contributed by atoms with Crippen LogP contribution in [0.25, 0.3) is 0 Å². The molecule has 1 atom stereocenters. The summed E-state index contributed by atoms with van der Waals surface area (Å²) in [4.78, 5) is 25.0. The van der Waals surface area contributed by atoms with Crippen molar-refractivity contribution in [3.05, 3.63) is 51.4 Å². The first-order valence-electron chi connectivity index (χ1n) is 8.35. The van der Waals surface area contributed by atoms with Gasteiger partial charge in [0.25, 0.3) is 5.91 Å². The van der Waals surface area contributed by atoms with E-state index in [-0.39, 0.29) is 0 Å². The van der Waals surface area contributed by atoms with Crippen molar-refractivity contribution >= 4 is 28.2 Å². The summed E-state index contributed by atoms with van der Waals surface area (Å²) in [6.45, 7) is 1.50. The van der Waals surface area contributed by atoms with Gasteiger partial charge >= 0.3 is 5.97 Å². The van der Waals surface area contributed by atoms with Gasteiger partial charge in [0.05, 0.1) is 11.1 Å². The number of thiophene rings is 1. The molecule has 0 bridgehead atoms. The van der Waals surface area contributed by atoms with Gasteiger partial charge in [0.2, 0.25) is 0 Å². The maximum absolute atomic E-state index is 13.6. The number of carbonyl (C=O) groups is 2. The molecule has 0 spiro atoms. The van der Waals surface area contributed by atoms with E-state index in [9.17, 15) is 23.6 Å². The zero-order chi connectivity index (χ0) is 19.6. The van der Waals surface area contributed by atoms with Gasteiger partial charge in [0.1, 0.15) is 22.7 Å². The zero-order valence-corrected chi connectivity index (χ0v) is 15.3. The standard InChI is InChI=1S/C19H16F2N2O3S/c1-10-2-4-12-14(8-22)18(27-16(12)6-10)23-17(24)9-26-19(25)13-5-3-11(20)7-15(13)21/h3,5,7,10H,2,4,6,9H2,1H3,(H,23,24). The van der Waals surface area contributed by atoms with Crippen molar-refractivity contribution in [1.82, 2.24) is 0 Å². The molecule has 1 aromatic heterocycles. The number of nitrogens with zero attached hydrogens (tertiary/aromatic N) is 1. The third-order valence-corrected chi connectivity index (χ3v) is 5.53. The van der Waals surface area contributed by atoms with E-state index < -0.39 is 35.7 Å². The number of rotatable bonds is 4. The number of amides is 1. The van der Waals surface area contributed by atoms with Crippen molar-refractivity contribution in [2.45, 2.75) is 26.2 Å². The Kier molecular flexibility index (Phi) is 5.51. The van der Waals surface area contributed by atoms with E-state index in [2.05, 4.69) is 18.3 Å². The van der Waals surface area contributed by atoms with E-state index in [1.54, 1.807) is 0 Å². The number of hydrogen-bond donors (Lipinski definition) is 1. The van der Waals surface area contributed by atoms with E-state index in [1.165, 1.54) is 11.3 Å². The molecule has 2 aromatic rings. The molecule has 140 valence electrons. The second-order valence-electron chi connectivity index (χ2n) is 6.42. The summed E-state index contributed by atoms with van der Waals surface area (Å²) in [6, 6.07) is 4.57. The van der Waals surface area contributed by atoms with Crippen LogP contribution in [0.5, 0.6) is 0 Å². The van der Waals surface area contributed by atoms with Gasteiger partial charge in [-0.1, -0.05) is 6.92 Å². The summed E-state index contributed by atoms with van der Waals surface area (Å²) in [6.07, 6.45) is 2.65. The number of anilines is 1. The average molecular weight is 390 g/mol. The molecule has 1 N–H and O–H groups in total. The van der Waals surface area contributed by atoms with E-state index in [4.69, 9.17) is 4.74 Å². The van der Waals surface area contributed by atoms with Crippen LogP contribution in [0.4, 0.5) is 13.8 Å². The predicted octanol–water partition coefficient (Wildman–Crippen LogP) is 3.82. The Balaban J connectivity index is 1.65. The number of carbonyl (C=O) groups excluding carboxylic acids is 2. The first-order valence-corrected chi connectivity index (χ1v) is 9.17. The van der Waals surface area contributed by atoms with Gasteiger partial charge < -0.3 is 10.1 Å². The van der Waals surface area contributed by atoms with Crippen LogP contribution in [-0.2, 0) is 22.4 Å². The Morgan fingerprint density at radius 2 is 2.19 bits per heavy atom. The fraction of sp³-hybridized carbons (Fsp3) is 0.316. The van der Waals surface area contributed by atoms with Crippen LogP contribution in [0, 0.1) is 28.9 Å². The number of esters is 1. The van der Waals surface area contributed by atoms with Gasteiger partial charge in [0.15, 0.2) is 6.61 Å². The molecule has 1 aromatic carbocycles. The maximum Gasteiger partial charge on any atom is 0.341 e. The normalized spacial score (nSPS) is 15.6. The number of fused-ring (bicyclic) bond motifs is 1. The molecule has 1 amide bonds. The number of halogens is 2. The van der Waals surface area contributed by atoms with Gasteiger partial charge in [-0.15, -0.1) is 11.3 Å². The monoisotopic (exact) mass is 390 g/mol. The lowest BCUT2D eigenvalue weighted by Crippen LogP contribution is -2.21. The smallest absolute Gasteiger partial charge is 0.341 e. The molecule has 0 fully saturated rings. The second kappa shape index (κ2) is 7.84. The third-order valence-electron chi connectivity index (χ3n) is 4.36. The largest absolute Gasteiger partial charge is 0.452 e. The lowest BCUT2D eigenvalue weighted by atomic mass is 9.89. The molecule has 1 heterocycles. The number of hydrogen-bond acceptors (Lipinski definition) is 5. The SMILES string of the molecule is CC1CCc2c(sc(NC(=O)COC(=O)c3ccc(F)cc3F)c2C#N)C1. The van der Waals surface area contributed by atoms with Gasteiger partial charge in [-0.05, 0) is 42.9 Å². The first-order chi connectivity index (χ1) is 12.9. The van der Waals surface area contributed by atoms with Crippen molar-refractivity contribution in [3.8, 4) is 6.07 Å². The minimum Gasteiger partial charge on any atom is -0.452 e. The van der Waals surface area contributed by atoms with Crippen LogP contribution in [0.3, 0.4) is 0 Å². The van der Waals surface area contributed by atoms with E-state index in [1.807, 2.05) is 0 Å². The number of ether oxygens (including phenoxy) is 1. The number of nitriles is 1. The summed E-state index contributed by atoms with van der Waals surface area (Å²) in [5.41, 5.74) is 0.968. The van der Waals surface area contributed by atoms with Crippen LogP contribution in [0.1, 0.15) is 39.7 Å². The van der Waals surface area contributed by atoms with Crippen LogP contribution >= 0.6 is 11.3 Å². The quantitative estimate of drug-likeness (QED) is 0.805. The Morgan fingerprint density at radius 3 is 2.89 bits per heavy atom. The Bertz CT molecular complexity index is 949. The van der Waals surface area contributed by atoms with E-state index in [0.717, 1.165) is 41.8 Å². The molecular weight excluding hydrogens is 374 g/mol. The topological polar surface area (TPSA) is 79.2 Å². The Morgan fingerprint density at radius 1 is 1.41 bits per heavy atom. The van der Waals surface area contributed by atoms with Gasteiger partial charge in [-0.3, -0.25) is 4.79 Å². The minimum absolute atomic E-state index is 0.436. The highest BCUT2D eigenvalue weighted by Crippen LogP contribution is 2.39. The summed E-state index contributed by atoms with van der Waals surface area (Å²) in [7, 11) is 0. The molecule has 0 radical (unpaired) electrons. The van der Waals surface area contributed by atoms with Crippen molar-refractivity contribution in [2.24, 2.45) is 5.92 Å². The van der Waals surface area contributed by atoms with Crippen LogP contribution in [-0.4, -0.2) is 18.5 Å². The third kappa shape index (κ3) is 4.14. The van der Waals surface area contributed by atoms with Gasteiger partial charge in [-0.2, -0.15) is 5.26 Å². The van der Waals surface area contributed by atoms with Crippen molar-refractivity contribution in [3.63, 3.8) is 0 Å². The highest BCUT2D eigenvalue weighted by Gasteiger charge is 2.25. The van der Waals surface area contributed by atoms with E-state index in [0.29, 0.717) is 22.5 Å². The Hall–Kier alpha value is -2.79. The molecule has 5 nitrogen and oxygen atoms in total. The fourth-order valence-corrected chi connectivity index (χ4v) is 4.36. The van der Waals surface area contributed by atoms with Crippen LogP contribution < -0.4 is 5.32 Å². The summed E-state index contributed by atoms with van der Waals surface area (Å²) in [5, 5.41) is 12.4. The highest BCUT2D eigenvalue weighted by molar-refractivity contribution is 7.16. The molecule has 27 heavy (non-hydrogen) atoms. The minimum atomic E-state index is -1.07. The van der Waals surface area contributed by atoms with Gasteiger partial charge in [0, 0.05) is 10.9 Å². The van der Waals surface area contributed by atoms with Gasteiger partial charge in [-0.25, -0.2) is 13.6 Å². The lowest BCUT2D eigenvalue weighted by molar-refractivity contribution is -0.119. The lowest BCUT2D eigenvalue weighted by Gasteiger charge is -2.17. The van der Waals surface area contributed by atoms with Crippen molar-refractivity contribution < 1.29 is 23.1 Å². The number of benzene rings is 1. The van der Waals surface area contributed by atoms with Crippen molar-refractivity contribution in [1.29, 1.82) is 5.26 Å². The predicted molar refractivity (Wildman–Crippen MR) is 95.5 cm³/mol. The maximum atomic E-state index is 13.6. The Labute approximate surface area is 158 Å². The molecule has 0 saturated heterocycles. The molecule has 3 rings (SSSR count). The first kappa shape index (κ1) is 19.0. The van der Waals surface area contributed by atoms with Crippen molar-refractivity contribution in [2.75, 3.05) is 11.9 Å².